The van der Waals surface area contributed by atoms with Gasteiger partial charge in [0, 0.05) is 7.11 Å². The molecule has 1 unspecified atom stereocenters. The molecule has 0 saturated heterocycles. The molecule has 0 radical (unpaired) electrons. The van der Waals surface area contributed by atoms with E-state index in [1.54, 1.807) is 0 Å². The van der Waals surface area contributed by atoms with Gasteiger partial charge in [0.2, 0.25) is 0 Å². The van der Waals surface area contributed by atoms with Crippen LogP contribution in [-0.2, 0) is 4.74 Å². The highest BCUT2D eigenvalue weighted by atomic mass is 16.5. The molecule has 0 aromatic heterocycles. The van der Waals surface area contributed by atoms with Gasteiger partial charge in [-0.05, 0) is 12.8 Å². The lowest BCUT2D eigenvalue weighted by Gasteiger charge is -2.14. The Bertz CT molecular complexity index is 123. The molecule has 0 aromatic carbocycles. The Morgan fingerprint density at radius 2 is 1.19 bits per heavy atom. The normalized spacial score (nSPS) is 12.9. The van der Waals surface area contributed by atoms with Crippen molar-refractivity contribution in [3.8, 4) is 0 Å². The van der Waals surface area contributed by atoms with Crippen LogP contribution in [0.4, 0.5) is 0 Å². The third-order valence-electron chi connectivity index (χ3n) is 3.34. The Morgan fingerprint density at radius 3 is 1.75 bits per heavy atom. The van der Waals surface area contributed by atoms with Crippen molar-refractivity contribution in [2.75, 3.05) is 7.11 Å². The van der Waals surface area contributed by atoms with E-state index < -0.39 is 0 Å². The monoisotopic (exact) mass is 228 g/mol. The van der Waals surface area contributed by atoms with Crippen molar-refractivity contribution in [2.45, 2.75) is 90.6 Å². The van der Waals surface area contributed by atoms with E-state index in [4.69, 9.17) is 4.74 Å². The molecule has 0 rings (SSSR count). The van der Waals surface area contributed by atoms with Gasteiger partial charge in [0.25, 0.3) is 0 Å². The smallest absolute Gasteiger partial charge is 0.0571 e. The first-order chi connectivity index (χ1) is 7.85. The lowest BCUT2D eigenvalue weighted by Crippen LogP contribution is -2.09. The van der Waals surface area contributed by atoms with Gasteiger partial charge in [-0.3, -0.25) is 0 Å². The van der Waals surface area contributed by atoms with Gasteiger partial charge < -0.3 is 4.74 Å². The second-order valence-electron chi connectivity index (χ2n) is 4.91. The van der Waals surface area contributed by atoms with Gasteiger partial charge in [0.05, 0.1) is 6.10 Å². The Balaban J connectivity index is 3.20. The molecule has 0 N–H and O–H groups in total. The molecule has 16 heavy (non-hydrogen) atoms. The third kappa shape index (κ3) is 10.5. The average Bonchev–Trinajstić information content (AvgIpc) is 2.32. The average molecular weight is 228 g/mol. The lowest BCUT2D eigenvalue weighted by molar-refractivity contribution is 0.0836. The third-order valence-corrected chi connectivity index (χ3v) is 3.34. The summed E-state index contributed by atoms with van der Waals surface area (Å²) in [6.07, 6.45) is 15.4. The topological polar surface area (TPSA) is 9.23 Å². The van der Waals surface area contributed by atoms with Crippen LogP contribution >= 0.6 is 0 Å². The van der Waals surface area contributed by atoms with E-state index in [-0.39, 0.29) is 0 Å². The van der Waals surface area contributed by atoms with Crippen LogP contribution in [0.25, 0.3) is 0 Å². The van der Waals surface area contributed by atoms with Crippen molar-refractivity contribution in [1.82, 2.24) is 0 Å². The van der Waals surface area contributed by atoms with Crippen molar-refractivity contribution in [1.29, 1.82) is 0 Å². The van der Waals surface area contributed by atoms with Gasteiger partial charge in [-0.25, -0.2) is 0 Å². The highest BCUT2D eigenvalue weighted by Crippen LogP contribution is 2.14. The molecule has 1 nitrogen and oxygen atoms in total. The van der Waals surface area contributed by atoms with Crippen LogP contribution < -0.4 is 0 Å². The van der Waals surface area contributed by atoms with Crippen LogP contribution in [-0.4, -0.2) is 13.2 Å². The maximum atomic E-state index is 5.50. The first kappa shape index (κ1) is 16.0. The molecule has 0 amide bonds. The zero-order valence-electron chi connectivity index (χ0n) is 11.8. The Labute approximate surface area is 103 Å². The molecule has 0 aromatic rings. The Kier molecular flexibility index (Phi) is 13.0. The van der Waals surface area contributed by atoms with Crippen LogP contribution in [0.1, 0.15) is 84.5 Å². The number of hydrogen-bond donors (Lipinski definition) is 0. The van der Waals surface area contributed by atoms with Gasteiger partial charge in [-0.15, -0.1) is 0 Å². The van der Waals surface area contributed by atoms with Crippen molar-refractivity contribution < 1.29 is 4.74 Å². The van der Waals surface area contributed by atoms with Crippen molar-refractivity contribution in [2.24, 2.45) is 0 Å². The summed E-state index contributed by atoms with van der Waals surface area (Å²) in [7, 11) is 1.86. The number of methoxy groups -OCH3 is 1. The van der Waals surface area contributed by atoms with E-state index in [0.717, 1.165) is 0 Å². The molecule has 0 heterocycles. The predicted octanol–water partition coefficient (Wildman–Crippen LogP) is 5.33. The second kappa shape index (κ2) is 13.0. The molecule has 1 atom stereocenters. The quantitative estimate of drug-likeness (QED) is 0.410. The second-order valence-corrected chi connectivity index (χ2v) is 4.91. The SMILES string of the molecule is CCCCCCCCCC(CCCC)OC. The van der Waals surface area contributed by atoms with E-state index in [1.807, 2.05) is 7.11 Å². The van der Waals surface area contributed by atoms with Crippen LogP contribution in [0.2, 0.25) is 0 Å². The number of hydrogen-bond acceptors (Lipinski definition) is 1. The largest absolute Gasteiger partial charge is 0.381 e. The molecule has 0 saturated carbocycles. The maximum Gasteiger partial charge on any atom is 0.0571 e. The molecule has 1 heteroatoms. The van der Waals surface area contributed by atoms with Crippen molar-refractivity contribution in [3.63, 3.8) is 0 Å². The zero-order valence-corrected chi connectivity index (χ0v) is 11.8. The van der Waals surface area contributed by atoms with E-state index in [0.29, 0.717) is 6.10 Å². The predicted molar refractivity (Wildman–Crippen MR) is 72.9 cm³/mol. The summed E-state index contributed by atoms with van der Waals surface area (Å²) in [5.74, 6) is 0. The fraction of sp³-hybridized carbons (Fsp3) is 1.00. The lowest BCUT2D eigenvalue weighted by atomic mass is 10.0. The van der Waals surface area contributed by atoms with Gasteiger partial charge in [0.15, 0.2) is 0 Å². The van der Waals surface area contributed by atoms with Gasteiger partial charge >= 0.3 is 0 Å². The summed E-state index contributed by atoms with van der Waals surface area (Å²) < 4.78 is 5.50. The Morgan fingerprint density at radius 1 is 0.688 bits per heavy atom. The first-order valence-electron chi connectivity index (χ1n) is 7.37. The zero-order chi connectivity index (χ0) is 12.1. The van der Waals surface area contributed by atoms with Crippen LogP contribution in [0, 0.1) is 0 Å². The summed E-state index contributed by atoms with van der Waals surface area (Å²) in [6, 6.07) is 0. The molecule has 0 aliphatic heterocycles. The molecule has 0 aliphatic rings. The molecular weight excluding hydrogens is 196 g/mol. The van der Waals surface area contributed by atoms with Gasteiger partial charge in [-0.2, -0.15) is 0 Å². The molecule has 0 aliphatic carbocycles. The van der Waals surface area contributed by atoms with E-state index in [1.165, 1.54) is 70.6 Å². The maximum absolute atomic E-state index is 5.50. The standard InChI is InChI=1S/C15H32O/c1-4-6-8-9-10-11-12-14-15(16-3)13-7-5-2/h15H,4-14H2,1-3H3. The van der Waals surface area contributed by atoms with Crippen molar-refractivity contribution in [3.05, 3.63) is 0 Å². The first-order valence-corrected chi connectivity index (χ1v) is 7.37. The number of unbranched alkanes of at least 4 members (excludes halogenated alkanes) is 7. The minimum atomic E-state index is 0.524. The summed E-state index contributed by atoms with van der Waals surface area (Å²) in [4.78, 5) is 0. The summed E-state index contributed by atoms with van der Waals surface area (Å²) in [6.45, 7) is 4.53. The minimum Gasteiger partial charge on any atom is -0.381 e. The molecule has 0 bridgehead atoms. The fourth-order valence-electron chi connectivity index (χ4n) is 2.14. The number of ether oxygens (including phenoxy) is 1. The molecule has 0 fully saturated rings. The van der Waals surface area contributed by atoms with Crippen molar-refractivity contribution >= 4 is 0 Å². The summed E-state index contributed by atoms with van der Waals surface area (Å²) in [5.41, 5.74) is 0. The summed E-state index contributed by atoms with van der Waals surface area (Å²) in [5, 5.41) is 0. The highest BCUT2D eigenvalue weighted by Gasteiger charge is 2.05. The molecule has 98 valence electrons. The molecule has 0 spiro atoms. The minimum absolute atomic E-state index is 0.524. The molecular formula is C15H32O. The highest BCUT2D eigenvalue weighted by molar-refractivity contribution is 4.58. The van der Waals surface area contributed by atoms with Crippen LogP contribution in [0.5, 0.6) is 0 Å². The van der Waals surface area contributed by atoms with Gasteiger partial charge in [-0.1, -0.05) is 71.6 Å². The van der Waals surface area contributed by atoms with Crippen LogP contribution in [0.3, 0.4) is 0 Å². The Hall–Kier alpha value is -0.0400. The van der Waals surface area contributed by atoms with Crippen LogP contribution in [0.15, 0.2) is 0 Å². The number of rotatable bonds is 12. The van der Waals surface area contributed by atoms with E-state index in [9.17, 15) is 0 Å². The fourth-order valence-corrected chi connectivity index (χ4v) is 2.14. The van der Waals surface area contributed by atoms with Gasteiger partial charge in [0.1, 0.15) is 0 Å². The van der Waals surface area contributed by atoms with E-state index in [2.05, 4.69) is 13.8 Å². The summed E-state index contributed by atoms with van der Waals surface area (Å²) >= 11 is 0. The van der Waals surface area contributed by atoms with E-state index >= 15 is 0 Å².